The molecule has 0 radical (unpaired) electrons. The van der Waals surface area contributed by atoms with Crippen molar-refractivity contribution in [3.05, 3.63) is 53.6 Å². The number of H-pyrrole nitrogens is 1. The lowest BCUT2D eigenvalue weighted by Gasteiger charge is -2.26. The normalized spacial score (nSPS) is 13.8. The summed E-state index contributed by atoms with van der Waals surface area (Å²) in [7, 11) is 3.23. The summed E-state index contributed by atoms with van der Waals surface area (Å²) in [4.78, 5) is 19.3. The monoisotopic (exact) mass is 438 g/mol. The maximum Gasteiger partial charge on any atom is 0.253 e. The molecule has 7 nitrogen and oxygen atoms in total. The van der Waals surface area contributed by atoms with E-state index in [9.17, 15) is 4.79 Å². The van der Waals surface area contributed by atoms with Crippen molar-refractivity contribution in [3.8, 4) is 22.9 Å². The zero-order valence-corrected chi connectivity index (χ0v) is 18.6. The Kier molecular flexibility index (Phi) is 6.76. The Bertz CT molecular complexity index is 1050. The summed E-state index contributed by atoms with van der Waals surface area (Å²) in [6.07, 6.45) is 3.39. The third-order valence-electron chi connectivity index (χ3n) is 5.31. The van der Waals surface area contributed by atoms with E-state index < -0.39 is 0 Å². The molecule has 2 heterocycles. The Labute approximate surface area is 186 Å². The van der Waals surface area contributed by atoms with Crippen LogP contribution in [0.1, 0.15) is 35.2 Å². The summed E-state index contributed by atoms with van der Waals surface area (Å²) in [6.45, 7) is 1.71. The van der Waals surface area contributed by atoms with Crippen molar-refractivity contribution in [2.45, 2.75) is 30.2 Å². The summed E-state index contributed by atoms with van der Waals surface area (Å²) in [5, 5.41) is 7.94. The number of thioether (sulfide) groups is 1. The van der Waals surface area contributed by atoms with E-state index in [1.807, 2.05) is 47.4 Å². The van der Waals surface area contributed by atoms with E-state index in [0.29, 0.717) is 28.2 Å². The van der Waals surface area contributed by atoms with E-state index >= 15 is 0 Å². The zero-order valence-electron chi connectivity index (χ0n) is 17.8. The van der Waals surface area contributed by atoms with Crippen molar-refractivity contribution in [1.82, 2.24) is 20.1 Å². The van der Waals surface area contributed by atoms with Gasteiger partial charge in [-0.2, -0.15) is 0 Å². The molecule has 0 bridgehead atoms. The maximum absolute atomic E-state index is 12.8. The summed E-state index contributed by atoms with van der Waals surface area (Å²) in [5.74, 6) is 2.82. The molecular formula is C23H26N4O3S. The van der Waals surface area contributed by atoms with Gasteiger partial charge in [0.1, 0.15) is 11.5 Å². The third-order valence-corrected chi connectivity index (χ3v) is 6.23. The molecule has 1 aliphatic rings. The average molecular weight is 439 g/mol. The van der Waals surface area contributed by atoms with E-state index in [4.69, 9.17) is 9.47 Å². The molecule has 1 fully saturated rings. The number of aromatic amines is 1. The van der Waals surface area contributed by atoms with E-state index in [1.165, 1.54) is 18.2 Å². The molecule has 31 heavy (non-hydrogen) atoms. The highest BCUT2D eigenvalue weighted by molar-refractivity contribution is 7.98. The van der Waals surface area contributed by atoms with Gasteiger partial charge in [-0.3, -0.25) is 9.89 Å². The van der Waals surface area contributed by atoms with E-state index in [2.05, 4.69) is 15.2 Å². The molecule has 2 aromatic carbocycles. The molecule has 0 spiro atoms. The highest BCUT2D eigenvalue weighted by Gasteiger charge is 2.18. The van der Waals surface area contributed by atoms with Crippen molar-refractivity contribution in [2.75, 3.05) is 27.3 Å². The summed E-state index contributed by atoms with van der Waals surface area (Å²) < 4.78 is 10.7. The number of methoxy groups -OCH3 is 2. The molecule has 4 rings (SSSR count). The highest BCUT2D eigenvalue weighted by atomic mass is 32.2. The highest BCUT2D eigenvalue weighted by Crippen LogP contribution is 2.32. The summed E-state index contributed by atoms with van der Waals surface area (Å²) >= 11 is 1.52. The molecule has 0 atom stereocenters. The Balaban J connectivity index is 1.43. The van der Waals surface area contributed by atoms with Gasteiger partial charge in [0.2, 0.25) is 5.16 Å². The number of amides is 1. The lowest BCUT2D eigenvalue weighted by Crippen LogP contribution is -2.35. The van der Waals surface area contributed by atoms with Crippen LogP contribution in [-0.4, -0.2) is 53.3 Å². The van der Waals surface area contributed by atoms with Gasteiger partial charge in [-0.15, -0.1) is 5.10 Å². The van der Waals surface area contributed by atoms with Crippen LogP contribution in [0.2, 0.25) is 0 Å². The minimum atomic E-state index is 0.123. The van der Waals surface area contributed by atoms with Gasteiger partial charge >= 0.3 is 0 Å². The maximum atomic E-state index is 12.8. The van der Waals surface area contributed by atoms with Crippen LogP contribution >= 0.6 is 11.8 Å². The van der Waals surface area contributed by atoms with Gasteiger partial charge in [0.05, 0.1) is 19.8 Å². The van der Waals surface area contributed by atoms with Gasteiger partial charge in [0.25, 0.3) is 5.91 Å². The number of nitrogens with zero attached hydrogens (tertiary/aromatic N) is 3. The topological polar surface area (TPSA) is 80.3 Å². The smallest absolute Gasteiger partial charge is 0.253 e. The Morgan fingerprint density at radius 1 is 1.10 bits per heavy atom. The molecule has 1 N–H and O–H groups in total. The van der Waals surface area contributed by atoms with Gasteiger partial charge in [-0.1, -0.05) is 23.9 Å². The lowest BCUT2D eigenvalue weighted by atomic mass is 10.1. The van der Waals surface area contributed by atoms with E-state index in [1.54, 1.807) is 14.2 Å². The van der Waals surface area contributed by atoms with Crippen molar-refractivity contribution in [1.29, 1.82) is 0 Å². The quantitative estimate of drug-likeness (QED) is 0.551. The standard InChI is InChI=1S/C23H26N4O3S/c1-29-18-9-10-19(20(14-18)30-2)21-24-23(26-25-21)31-15-16-7-6-8-17(13-16)22(28)27-11-4-3-5-12-27/h6-10,13-14H,3-5,11-12,15H2,1-2H3,(H,24,25,26). The number of hydrogen-bond acceptors (Lipinski definition) is 6. The molecule has 3 aromatic rings. The first-order valence-electron chi connectivity index (χ1n) is 10.3. The first-order chi connectivity index (χ1) is 15.2. The second-order valence-corrected chi connectivity index (χ2v) is 8.32. The minimum absolute atomic E-state index is 0.123. The fourth-order valence-electron chi connectivity index (χ4n) is 3.65. The molecule has 0 aliphatic carbocycles. The Hall–Kier alpha value is -3.00. The molecule has 0 saturated carbocycles. The molecule has 1 aliphatic heterocycles. The van der Waals surface area contributed by atoms with Crippen LogP contribution in [0.4, 0.5) is 0 Å². The molecule has 1 aromatic heterocycles. The number of likely N-dealkylation sites (tertiary alicyclic amines) is 1. The number of carbonyl (C=O) groups is 1. The molecule has 162 valence electrons. The van der Waals surface area contributed by atoms with Crippen molar-refractivity contribution < 1.29 is 14.3 Å². The summed E-state index contributed by atoms with van der Waals surface area (Å²) in [6, 6.07) is 13.4. The van der Waals surface area contributed by atoms with Crippen LogP contribution in [-0.2, 0) is 5.75 Å². The fourth-order valence-corrected chi connectivity index (χ4v) is 4.39. The fraction of sp³-hybridized carbons (Fsp3) is 0.348. The first-order valence-corrected chi connectivity index (χ1v) is 11.3. The Morgan fingerprint density at radius 3 is 2.71 bits per heavy atom. The first kappa shape index (κ1) is 21.2. The molecule has 0 unspecified atom stereocenters. The van der Waals surface area contributed by atoms with Crippen molar-refractivity contribution in [3.63, 3.8) is 0 Å². The number of hydrogen-bond donors (Lipinski definition) is 1. The van der Waals surface area contributed by atoms with Crippen LogP contribution in [0, 0.1) is 0 Å². The molecule has 1 saturated heterocycles. The van der Waals surface area contributed by atoms with Gasteiger partial charge in [0, 0.05) is 30.5 Å². The van der Waals surface area contributed by atoms with Gasteiger partial charge < -0.3 is 14.4 Å². The number of carbonyl (C=O) groups excluding carboxylic acids is 1. The zero-order chi connectivity index (χ0) is 21.6. The van der Waals surface area contributed by atoms with Crippen molar-refractivity contribution in [2.24, 2.45) is 0 Å². The SMILES string of the molecule is COc1ccc(-c2nc(SCc3cccc(C(=O)N4CCCCC4)c3)n[nH]2)c(OC)c1. The second-order valence-electron chi connectivity index (χ2n) is 7.37. The predicted octanol–water partition coefficient (Wildman–Crippen LogP) is 4.41. The van der Waals surface area contributed by atoms with E-state index in [-0.39, 0.29) is 5.91 Å². The minimum Gasteiger partial charge on any atom is -0.497 e. The van der Waals surface area contributed by atoms with Crippen LogP contribution in [0.15, 0.2) is 47.6 Å². The number of benzene rings is 2. The number of ether oxygens (including phenoxy) is 2. The molecule has 1 amide bonds. The van der Waals surface area contributed by atoms with Gasteiger partial charge in [-0.25, -0.2) is 4.98 Å². The van der Waals surface area contributed by atoms with Gasteiger partial charge in [0.15, 0.2) is 5.82 Å². The number of rotatable bonds is 7. The van der Waals surface area contributed by atoms with Crippen LogP contribution < -0.4 is 9.47 Å². The van der Waals surface area contributed by atoms with Crippen molar-refractivity contribution >= 4 is 17.7 Å². The van der Waals surface area contributed by atoms with Gasteiger partial charge in [-0.05, 0) is 49.1 Å². The lowest BCUT2D eigenvalue weighted by molar-refractivity contribution is 0.0724. The predicted molar refractivity (Wildman–Crippen MR) is 121 cm³/mol. The number of aromatic nitrogens is 3. The second kappa shape index (κ2) is 9.87. The molecular weight excluding hydrogens is 412 g/mol. The third kappa shape index (κ3) is 5.02. The summed E-state index contributed by atoms with van der Waals surface area (Å²) in [5.41, 5.74) is 2.64. The average Bonchev–Trinajstić information content (AvgIpc) is 3.31. The van der Waals surface area contributed by atoms with Crippen LogP contribution in [0.3, 0.4) is 0 Å². The van der Waals surface area contributed by atoms with Crippen LogP contribution in [0.5, 0.6) is 11.5 Å². The Morgan fingerprint density at radius 2 is 1.94 bits per heavy atom. The largest absolute Gasteiger partial charge is 0.497 e. The van der Waals surface area contributed by atoms with Crippen LogP contribution in [0.25, 0.3) is 11.4 Å². The molecule has 8 heteroatoms. The number of piperidine rings is 1. The number of nitrogens with one attached hydrogen (secondary N) is 1. The van der Waals surface area contributed by atoms with E-state index in [0.717, 1.165) is 42.6 Å².